The molecule has 1 N–H and O–H groups in total. The summed E-state index contributed by atoms with van der Waals surface area (Å²) in [4.78, 5) is 36.7. The van der Waals surface area contributed by atoms with Crippen molar-refractivity contribution in [2.75, 3.05) is 11.9 Å². The molecule has 132 valence electrons. The molecule has 1 heterocycles. The van der Waals surface area contributed by atoms with Gasteiger partial charge in [0.25, 0.3) is 5.91 Å². The highest BCUT2D eigenvalue weighted by Crippen LogP contribution is 2.40. The summed E-state index contributed by atoms with van der Waals surface area (Å²) in [6.07, 6.45) is 1.78. The summed E-state index contributed by atoms with van der Waals surface area (Å²) in [5, 5.41) is 3.21. The largest absolute Gasteiger partial charge is 0.462 e. The van der Waals surface area contributed by atoms with Gasteiger partial charge >= 0.3 is 11.9 Å². The van der Waals surface area contributed by atoms with Crippen LogP contribution in [0.4, 0.5) is 5.00 Å². The molecule has 1 aliphatic rings. The first kappa shape index (κ1) is 18.4. The minimum atomic E-state index is -0.921. The Morgan fingerprint density at radius 1 is 1.38 bits per heavy atom. The normalized spacial score (nSPS) is 17.6. The average molecular weight is 353 g/mol. The fourth-order valence-corrected chi connectivity index (χ4v) is 4.18. The Hall–Kier alpha value is -1.89. The Morgan fingerprint density at radius 3 is 2.71 bits per heavy atom. The number of fused-ring (bicyclic) bond motifs is 1. The number of nitrogens with one attached hydrogen (secondary N) is 1. The van der Waals surface area contributed by atoms with Crippen LogP contribution in [0.5, 0.6) is 0 Å². The number of carbonyl (C=O) groups is 3. The highest BCUT2D eigenvalue weighted by molar-refractivity contribution is 7.17. The number of anilines is 1. The van der Waals surface area contributed by atoms with Gasteiger partial charge in [-0.15, -0.1) is 11.3 Å². The van der Waals surface area contributed by atoms with Gasteiger partial charge in [0, 0.05) is 11.8 Å². The van der Waals surface area contributed by atoms with E-state index in [-0.39, 0.29) is 6.61 Å². The van der Waals surface area contributed by atoms with Crippen molar-refractivity contribution < 1.29 is 23.9 Å². The van der Waals surface area contributed by atoms with Gasteiger partial charge in [-0.1, -0.05) is 6.92 Å². The van der Waals surface area contributed by atoms with Crippen LogP contribution in [-0.4, -0.2) is 30.6 Å². The van der Waals surface area contributed by atoms with E-state index in [9.17, 15) is 14.4 Å². The van der Waals surface area contributed by atoms with Crippen LogP contribution < -0.4 is 5.32 Å². The standard InChI is InChI=1S/C17H23NO5S/c1-5-22-17(21)14-12-7-6-9(2)8-13(12)24-16(14)18-15(20)10(3)23-11(4)19/h9-10H,5-8H2,1-4H3,(H,18,20)/t9-,10-/m0/s1. The van der Waals surface area contributed by atoms with Crippen molar-refractivity contribution in [3.8, 4) is 0 Å². The SMILES string of the molecule is CCOC(=O)c1c(NC(=O)[C@H](C)OC(C)=O)sc2c1CC[C@H](C)C2. The second kappa shape index (κ2) is 7.79. The summed E-state index contributed by atoms with van der Waals surface area (Å²) in [7, 11) is 0. The number of carbonyl (C=O) groups excluding carboxylic acids is 3. The number of thiophene rings is 1. The van der Waals surface area contributed by atoms with Gasteiger partial charge in [0.05, 0.1) is 12.2 Å². The van der Waals surface area contributed by atoms with Crippen LogP contribution in [0.1, 0.15) is 54.9 Å². The predicted octanol–water partition coefficient (Wildman–Crippen LogP) is 2.94. The second-order valence-electron chi connectivity index (χ2n) is 6.02. The fraction of sp³-hybridized carbons (Fsp3) is 0.588. The van der Waals surface area contributed by atoms with Crippen LogP contribution >= 0.6 is 11.3 Å². The minimum absolute atomic E-state index is 0.275. The van der Waals surface area contributed by atoms with Gasteiger partial charge in [-0.05, 0) is 44.6 Å². The maximum Gasteiger partial charge on any atom is 0.341 e. The molecule has 1 amide bonds. The maximum atomic E-state index is 12.4. The van der Waals surface area contributed by atoms with Crippen LogP contribution in [-0.2, 0) is 31.9 Å². The predicted molar refractivity (Wildman–Crippen MR) is 91.3 cm³/mol. The first-order chi connectivity index (χ1) is 11.3. The average Bonchev–Trinajstić information content (AvgIpc) is 2.83. The monoisotopic (exact) mass is 353 g/mol. The summed E-state index contributed by atoms with van der Waals surface area (Å²) in [5.41, 5.74) is 1.43. The summed E-state index contributed by atoms with van der Waals surface area (Å²) >= 11 is 1.41. The Kier molecular flexibility index (Phi) is 5.99. The molecule has 7 heteroatoms. The van der Waals surface area contributed by atoms with E-state index in [0.29, 0.717) is 16.5 Å². The highest BCUT2D eigenvalue weighted by atomic mass is 32.1. The number of hydrogen-bond acceptors (Lipinski definition) is 6. The van der Waals surface area contributed by atoms with Gasteiger partial charge in [-0.3, -0.25) is 9.59 Å². The smallest absolute Gasteiger partial charge is 0.341 e. The van der Waals surface area contributed by atoms with Crippen LogP contribution in [0.25, 0.3) is 0 Å². The molecule has 6 nitrogen and oxygen atoms in total. The summed E-state index contributed by atoms with van der Waals surface area (Å²) < 4.78 is 10.0. The van der Waals surface area contributed by atoms with Gasteiger partial charge < -0.3 is 14.8 Å². The number of esters is 2. The summed E-state index contributed by atoms with van der Waals surface area (Å²) in [6, 6.07) is 0. The van der Waals surface area contributed by atoms with Crippen molar-refractivity contribution in [2.24, 2.45) is 5.92 Å². The molecular formula is C17H23NO5S. The molecule has 1 aliphatic carbocycles. The van der Waals surface area contributed by atoms with E-state index in [2.05, 4.69) is 12.2 Å². The molecule has 0 radical (unpaired) electrons. The summed E-state index contributed by atoms with van der Waals surface area (Å²) in [5.74, 6) is -0.848. The Labute approximate surface area is 145 Å². The van der Waals surface area contributed by atoms with Gasteiger partial charge in [0.2, 0.25) is 0 Å². The van der Waals surface area contributed by atoms with Crippen molar-refractivity contribution in [3.05, 3.63) is 16.0 Å². The quantitative estimate of drug-likeness (QED) is 0.823. The second-order valence-corrected chi connectivity index (χ2v) is 7.12. The Bertz CT molecular complexity index is 652. The van der Waals surface area contributed by atoms with E-state index < -0.39 is 23.9 Å². The lowest BCUT2D eigenvalue weighted by Crippen LogP contribution is -2.29. The molecule has 0 unspecified atom stereocenters. The number of ether oxygens (including phenoxy) is 2. The van der Waals surface area contributed by atoms with Crippen molar-refractivity contribution in [2.45, 2.75) is 53.1 Å². The zero-order valence-electron chi connectivity index (χ0n) is 14.4. The van der Waals surface area contributed by atoms with E-state index in [1.165, 1.54) is 25.2 Å². The van der Waals surface area contributed by atoms with E-state index in [4.69, 9.17) is 9.47 Å². The molecule has 0 aromatic carbocycles. The molecule has 0 fully saturated rings. The number of hydrogen-bond donors (Lipinski definition) is 1. The topological polar surface area (TPSA) is 81.7 Å². The van der Waals surface area contributed by atoms with Crippen molar-refractivity contribution in [3.63, 3.8) is 0 Å². The highest BCUT2D eigenvalue weighted by Gasteiger charge is 2.30. The molecule has 0 spiro atoms. The van der Waals surface area contributed by atoms with Gasteiger partial charge in [0.15, 0.2) is 6.10 Å². The molecule has 2 rings (SSSR count). The van der Waals surface area contributed by atoms with E-state index in [1.54, 1.807) is 6.92 Å². The molecule has 1 aromatic heterocycles. The summed E-state index contributed by atoms with van der Waals surface area (Å²) in [6.45, 7) is 6.94. The van der Waals surface area contributed by atoms with E-state index >= 15 is 0 Å². The van der Waals surface area contributed by atoms with Crippen molar-refractivity contribution >= 4 is 34.2 Å². The first-order valence-electron chi connectivity index (χ1n) is 8.13. The van der Waals surface area contributed by atoms with Crippen molar-refractivity contribution in [1.82, 2.24) is 0 Å². The van der Waals surface area contributed by atoms with Gasteiger partial charge in [-0.2, -0.15) is 0 Å². The van der Waals surface area contributed by atoms with Crippen LogP contribution in [0, 0.1) is 5.92 Å². The third-order valence-corrected chi connectivity index (χ3v) is 5.11. The Morgan fingerprint density at radius 2 is 2.08 bits per heavy atom. The van der Waals surface area contributed by atoms with Crippen LogP contribution in [0.2, 0.25) is 0 Å². The zero-order chi connectivity index (χ0) is 17.9. The van der Waals surface area contributed by atoms with E-state index in [0.717, 1.165) is 29.7 Å². The molecule has 2 atom stereocenters. The van der Waals surface area contributed by atoms with E-state index in [1.807, 2.05) is 0 Å². The molecule has 24 heavy (non-hydrogen) atoms. The third kappa shape index (κ3) is 4.14. The lowest BCUT2D eigenvalue weighted by atomic mass is 9.88. The number of rotatable bonds is 5. The molecule has 0 bridgehead atoms. The first-order valence-corrected chi connectivity index (χ1v) is 8.94. The minimum Gasteiger partial charge on any atom is -0.462 e. The van der Waals surface area contributed by atoms with Gasteiger partial charge in [-0.25, -0.2) is 4.79 Å². The van der Waals surface area contributed by atoms with Gasteiger partial charge in [0.1, 0.15) is 5.00 Å². The maximum absolute atomic E-state index is 12.4. The fourth-order valence-electron chi connectivity index (χ4n) is 2.77. The molecule has 0 aliphatic heterocycles. The third-order valence-electron chi connectivity index (χ3n) is 3.94. The zero-order valence-corrected chi connectivity index (χ0v) is 15.2. The molecule has 0 saturated heterocycles. The molecule has 1 aromatic rings. The van der Waals surface area contributed by atoms with Crippen molar-refractivity contribution in [1.29, 1.82) is 0 Å². The molecular weight excluding hydrogens is 330 g/mol. The number of amides is 1. The van der Waals surface area contributed by atoms with Crippen LogP contribution in [0.15, 0.2) is 0 Å². The lowest BCUT2D eigenvalue weighted by molar-refractivity contribution is -0.150. The van der Waals surface area contributed by atoms with Crippen LogP contribution in [0.3, 0.4) is 0 Å². The Balaban J connectivity index is 2.29. The molecule has 0 saturated carbocycles. The lowest BCUT2D eigenvalue weighted by Gasteiger charge is -2.18.